The standard InChI is InChI=1S/C14H23N7/c1-11(2)21-14(16-10-17-21)9-19-6-3-12(4-7-19)20-8-5-13(15)18-20/h5,8,10-12H,3-4,6-7,9H2,1-2H3,(H2,15,18). The van der Waals surface area contributed by atoms with E-state index in [1.165, 1.54) is 0 Å². The Morgan fingerprint density at radius 3 is 2.71 bits per heavy atom. The van der Waals surface area contributed by atoms with E-state index < -0.39 is 0 Å². The minimum absolute atomic E-state index is 0.354. The highest BCUT2D eigenvalue weighted by Gasteiger charge is 2.22. The molecule has 0 amide bonds. The maximum absolute atomic E-state index is 5.69. The second-order valence-corrected chi connectivity index (χ2v) is 5.94. The molecule has 0 spiro atoms. The van der Waals surface area contributed by atoms with Crippen LogP contribution in [0.3, 0.4) is 0 Å². The molecule has 1 saturated heterocycles. The smallest absolute Gasteiger partial charge is 0.145 e. The summed E-state index contributed by atoms with van der Waals surface area (Å²) in [5.74, 6) is 1.65. The topological polar surface area (TPSA) is 77.8 Å². The van der Waals surface area contributed by atoms with Crippen molar-refractivity contribution in [2.24, 2.45) is 0 Å². The number of nitrogen functional groups attached to an aromatic ring is 1. The van der Waals surface area contributed by atoms with E-state index in [-0.39, 0.29) is 0 Å². The molecular formula is C14H23N7. The Morgan fingerprint density at radius 2 is 2.10 bits per heavy atom. The summed E-state index contributed by atoms with van der Waals surface area (Å²) in [7, 11) is 0. The predicted molar refractivity (Wildman–Crippen MR) is 80.6 cm³/mol. The van der Waals surface area contributed by atoms with Crippen molar-refractivity contribution < 1.29 is 0 Å². The van der Waals surface area contributed by atoms with E-state index in [1.54, 1.807) is 6.33 Å². The second kappa shape index (κ2) is 5.85. The Balaban J connectivity index is 1.57. The van der Waals surface area contributed by atoms with Crippen molar-refractivity contribution in [2.75, 3.05) is 18.8 Å². The summed E-state index contributed by atoms with van der Waals surface area (Å²) in [5, 5.41) is 8.62. The summed E-state index contributed by atoms with van der Waals surface area (Å²) in [6.07, 6.45) is 5.81. The number of hydrogen-bond donors (Lipinski definition) is 1. The molecule has 7 nitrogen and oxygen atoms in total. The first kappa shape index (κ1) is 14.1. The number of nitrogens with two attached hydrogens (primary N) is 1. The van der Waals surface area contributed by atoms with Crippen molar-refractivity contribution in [1.82, 2.24) is 29.4 Å². The van der Waals surface area contributed by atoms with Gasteiger partial charge in [0.15, 0.2) is 0 Å². The van der Waals surface area contributed by atoms with Crippen LogP contribution in [-0.4, -0.2) is 42.5 Å². The van der Waals surface area contributed by atoms with Crippen molar-refractivity contribution in [3.8, 4) is 0 Å². The minimum Gasteiger partial charge on any atom is -0.382 e. The van der Waals surface area contributed by atoms with Crippen LogP contribution in [0.25, 0.3) is 0 Å². The number of rotatable bonds is 4. The van der Waals surface area contributed by atoms with E-state index in [4.69, 9.17) is 5.73 Å². The van der Waals surface area contributed by atoms with Crippen LogP contribution in [0.5, 0.6) is 0 Å². The van der Waals surface area contributed by atoms with Gasteiger partial charge in [-0.25, -0.2) is 9.67 Å². The largest absolute Gasteiger partial charge is 0.382 e. The van der Waals surface area contributed by atoms with E-state index in [2.05, 4.69) is 33.9 Å². The molecule has 3 heterocycles. The number of aromatic nitrogens is 5. The lowest BCUT2D eigenvalue weighted by atomic mass is 10.1. The fourth-order valence-electron chi connectivity index (χ4n) is 2.92. The molecule has 0 aromatic carbocycles. The quantitative estimate of drug-likeness (QED) is 0.922. The lowest BCUT2D eigenvalue weighted by Crippen LogP contribution is -2.35. The van der Waals surface area contributed by atoms with E-state index in [9.17, 15) is 0 Å². The highest BCUT2D eigenvalue weighted by Crippen LogP contribution is 2.23. The van der Waals surface area contributed by atoms with Gasteiger partial charge in [-0.1, -0.05) is 0 Å². The molecule has 1 aliphatic rings. The van der Waals surface area contributed by atoms with Crippen LogP contribution >= 0.6 is 0 Å². The maximum atomic E-state index is 5.69. The zero-order chi connectivity index (χ0) is 14.8. The van der Waals surface area contributed by atoms with Gasteiger partial charge in [0.05, 0.1) is 12.6 Å². The Kier molecular flexibility index (Phi) is 3.92. The van der Waals surface area contributed by atoms with Crippen LogP contribution in [0.1, 0.15) is 44.6 Å². The molecule has 0 atom stereocenters. The molecule has 1 aliphatic heterocycles. The molecule has 0 saturated carbocycles. The van der Waals surface area contributed by atoms with Crippen molar-refractivity contribution in [3.05, 3.63) is 24.4 Å². The SMILES string of the molecule is CC(C)n1ncnc1CN1CCC(n2ccc(N)n2)CC1. The lowest BCUT2D eigenvalue weighted by Gasteiger charge is -2.31. The van der Waals surface area contributed by atoms with Crippen LogP contribution < -0.4 is 5.73 Å². The third kappa shape index (κ3) is 3.07. The minimum atomic E-state index is 0.354. The fraction of sp³-hybridized carbons (Fsp3) is 0.643. The Labute approximate surface area is 124 Å². The Hall–Kier alpha value is -1.89. The van der Waals surface area contributed by atoms with Crippen LogP contribution in [0.4, 0.5) is 5.82 Å². The predicted octanol–water partition coefficient (Wildman–Crippen LogP) is 1.47. The third-order valence-electron chi connectivity index (χ3n) is 4.06. The zero-order valence-electron chi connectivity index (χ0n) is 12.7. The van der Waals surface area contributed by atoms with Gasteiger partial charge in [0.25, 0.3) is 0 Å². The van der Waals surface area contributed by atoms with Crippen LogP contribution in [-0.2, 0) is 6.54 Å². The molecule has 0 aliphatic carbocycles. The van der Waals surface area contributed by atoms with Gasteiger partial charge in [0, 0.05) is 25.3 Å². The van der Waals surface area contributed by atoms with Crippen LogP contribution in [0, 0.1) is 0 Å². The van der Waals surface area contributed by atoms with Gasteiger partial charge in [0.2, 0.25) is 0 Å². The van der Waals surface area contributed by atoms with Gasteiger partial charge in [-0.05, 0) is 32.8 Å². The molecule has 2 aromatic heterocycles. The summed E-state index contributed by atoms with van der Waals surface area (Å²) in [5.41, 5.74) is 5.69. The van der Waals surface area contributed by atoms with Gasteiger partial charge in [0.1, 0.15) is 18.0 Å². The molecule has 2 N–H and O–H groups in total. The summed E-state index contributed by atoms with van der Waals surface area (Å²) in [6.45, 7) is 7.23. The molecular weight excluding hydrogens is 266 g/mol. The molecule has 1 fully saturated rings. The molecule has 0 bridgehead atoms. The van der Waals surface area contributed by atoms with Crippen molar-refractivity contribution in [3.63, 3.8) is 0 Å². The average molecular weight is 289 g/mol. The molecule has 2 aromatic rings. The first-order chi connectivity index (χ1) is 10.1. The van der Waals surface area contributed by atoms with E-state index in [0.29, 0.717) is 17.9 Å². The highest BCUT2D eigenvalue weighted by atomic mass is 15.4. The molecule has 3 rings (SSSR count). The zero-order valence-corrected chi connectivity index (χ0v) is 12.7. The van der Waals surface area contributed by atoms with Crippen molar-refractivity contribution in [1.29, 1.82) is 0 Å². The second-order valence-electron chi connectivity index (χ2n) is 5.94. The first-order valence-electron chi connectivity index (χ1n) is 7.55. The molecule has 7 heteroatoms. The summed E-state index contributed by atoms with van der Waals surface area (Å²) in [6, 6.07) is 2.67. The monoisotopic (exact) mass is 289 g/mol. The first-order valence-corrected chi connectivity index (χ1v) is 7.55. The Morgan fingerprint density at radius 1 is 1.33 bits per heavy atom. The number of nitrogens with zero attached hydrogens (tertiary/aromatic N) is 6. The van der Waals surface area contributed by atoms with Crippen LogP contribution in [0.15, 0.2) is 18.6 Å². The number of piperidine rings is 1. The fourth-order valence-corrected chi connectivity index (χ4v) is 2.92. The summed E-state index contributed by atoms with van der Waals surface area (Å²) >= 11 is 0. The van der Waals surface area contributed by atoms with Crippen LogP contribution in [0.2, 0.25) is 0 Å². The van der Waals surface area contributed by atoms with Crippen molar-refractivity contribution in [2.45, 2.75) is 45.3 Å². The number of anilines is 1. The van der Waals surface area contributed by atoms with E-state index in [0.717, 1.165) is 38.3 Å². The van der Waals surface area contributed by atoms with Crippen molar-refractivity contribution >= 4 is 5.82 Å². The normalized spacial score (nSPS) is 17.7. The van der Waals surface area contributed by atoms with Gasteiger partial charge in [-0.15, -0.1) is 0 Å². The third-order valence-corrected chi connectivity index (χ3v) is 4.06. The maximum Gasteiger partial charge on any atom is 0.145 e. The summed E-state index contributed by atoms with van der Waals surface area (Å²) in [4.78, 5) is 6.82. The molecule has 0 radical (unpaired) electrons. The lowest BCUT2D eigenvalue weighted by molar-refractivity contribution is 0.167. The highest BCUT2D eigenvalue weighted by molar-refractivity contribution is 5.24. The Bertz CT molecular complexity index is 578. The van der Waals surface area contributed by atoms with E-state index in [1.807, 2.05) is 21.6 Å². The van der Waals surface area contributed by atoms with Gasteiger partial charge < -0.3 is 5.73 Å². The van der Waals surface area contributed by atoms with Gasteiger partial charge >= 0.3 is 0 Å². The van der Waals surface area contributed by atoms with E-state index >= 15 is 0 Å². The number of likely N-dealkylation sites (tertiary alicyclic amines) is 1. The number of hydrogen-bond acceptors (Lipinski definition) is 5. The molecule has 114 valence electrons. The average Bonchev–Trinajstić information content (AvgIpc) is 3.09. The van der Waals surface area contributed by atoms with Gasteiger partial charge in [-0.2, -0.15) is 10.2 Å². The molecule has 0 unspecified atom stereocenters. The molecule has 21 heavy (non-hydrogen) atoms. The summed E-state index contributed by atoms with van der Waals surface area (Å²) < 4.78 is 4.00. The van der Waals surface area contributed by atoms with Gasteiger partial charge in [-0.3, -0.25) is 9.58 Å².